The zero-order chi connectivity index (χ0) is 23.0. The molecule has 2 unspecified atom stereocenters. The van der Waals surface area contributed by atoms with Crippen LogP contribution in [0.5, 0.6) is 11.5 Å². The summed E-state index contributed by atoms with van der Waals surface area (Å²) in [5, 5.41) is 0. The predicted molar refractivity (Wildman–Crippen MR) is 136 cm³/mol. The lowest BCUT2D eigenvalue weighted by atomic mass is 9.79. The van der Waals surface area contributed by atoms with Gasteiger partial charge in [0.1, 0.15) is 18.1 Å². The lowest BCUT2D eigenvalue weighted by Gasteiger charge is -2.26. The summed E-state index contributed by atoms with van der Waals surface area (Å²) in [6, 6.07) is 35.4. The van der Waals surface area contributed by atoms with Crippen LogP contribution in [0.1, 0.15) is 41.0 Å². The number of rotatable bonds is 9. The standard InChI is InChI=1S/C30H31NO2/c1-22(26-15-18-30(29(31)20-26)33-21-24-11-7-4-8-12-24)28(19-23-9-5-3-6-10-23)25-13-16-27(32-2)17-14-25/h3-18,20,22,28H,19,21,31H2,1-2H3. The molecule has 0 aliphatic carbocycles. The molecule has 2 N–H and O–H groups in total. The maximum absolute atomic E-state index is 6.41. The smallest absolute Gasteiger partial charge is 0.142 e. The van der Waals surface area contributed by atoms with Gasteiger partial charge < -0.3 is 15.2 Å². The highest BCUT2D eigenvalue weighted by molar-refractivity contribution is 5.55. The maximum Gasteiger partial charge on any atom is 0.142 e. The van der Waals surface area contributed by atoms with Crippen molar-refractivity contribution < 1.29 is 9.47 Å². The Morgan fingerprint density at radius 3 is 1.94 bits per heavy atom. The second-order valence-corrected chi connectivity index (χ2v) is 8.43. The van der Waals surface area contributed by atoms with Crippen molar-refractivity contribution in [3.05, 3.63) is 125 Å². The topological polar surface area (TPSA) is 44.5 Å². The van der Waals surface area contributed by atoms with Gasteiger partial charge in [0, 0.05) is 0 Å². The van der Waals surface area contributed by atoms with E-state index in [9.17, 15) is 0 Å². The van der Waals surface area contributed by atoms with E-state index in [1.54, 1.807) is 7.11 Å². The van der Waals surface area contributed by atoms with E-state index in [0.29, 0.717) is 18.2 Å². The van der Waals surface area contributed by atoms with Crippen molar-refractivity contribution in [2.24, 2.45) is 0 Å². The molecule has 0 radical (unpaired) electrons. The van der Waals surface area contributed by atoms with Gasteiger partial charge in [-0.3, -0.25) is 0 Å². The average Bonchev–Trinajstić information content (AvgIpc) is 2.87. The van der Waals surface area contributed by atoms with Crippen LogP contribution >= 0.6 is 0 Å². The number of hydrogen-bond acceptors (Lipinski definition) is 3. The molecule has 33 heavy (non-hydrogen) atoms. The fourth-order valence-electron chi connectivity index (χ4n) is 4.25. The molecule has 0 aliphatic heterocycles. The van der Waals surface area contributed by atoms with Crippen LogP contribution < -0.4 is 15.2 Å². The minimum absolute atomic E-state index is 0.268. The Morgan fingerprint density at radius 1 is 0.727 bits per heavy atom. The van der Waals surface area contributed by atoms with Gasteiger partial charge in [0.25, 0.3) is 0 Å². The number of nitrogen functional groups attached to an aromatic ring is 1. The predicted octanol–water partition coefficient (Wildman–Crippen LogP) is 6.99. The van der Waals surface area contributed by atoms with Gasteiger partial charge in [-0.2, -0.15) is 0 Å². The molecule has 2 atom stereocenters. The first-order chi connectivity index (χ1) is 16.1. The number of ether oxygens (including phenoxy) is 2. The molecular weight excluding hydrogens is 406 g/mol. The Labute approximate surface area is 196 Å². The van der Waals surface area contributed by atoms with Crippen molar-refractivity contribution in [2.45, 2.75) is 31.8 Å². The summed E-state index contributed by atoms with van der Waals surface area (Å²) in [5.74, 6) is 2.16. The van der Waals surface area contributed by atoms with Gasteiger partial charge in [-0.25, -0.2) is 0 Å². The van der Waals surface area contributed by atoms with E-state index in [4.69, 9.17) is 15.2 Å². The lowest BCUT2D eigenvalue weighted by Crippen LogP contribution is -2.12. The van der Waals surface area contributed by atoms with E-state index in [0.717, 1.165) is 23.5 Å². The van der Waals surface area contributed by atoms with Gasteiger partial charge in [0.2, 0.25) is 0 Å². The van der Waals surface area contributed by atoms with Crippen LogP contribution in [0.2, 0.25) is 0 Å². The third-order valence-corrected chi connectivity index (χ3v) is 6.24. The molecule has 3 heteroatoms. The molecule has 0 amide bonds. The van der Waals surface area contributed by atoms with Gasteiger partial charge in [-0.05, 0) is 64.8 Å². The van der Waals surface area contributed by atoms with Crippen LogP contribution in [0.15, 0.2) is 103 Å². The third-order valence-electron chi connectivity index (χ3n) is 6.24. The van der Waals surface area contributed by atoms with Crippen LogP contribution in [-0.4, -0.2) is 7.11 Å². The Bertz CT molecular complexity index is 1140. The van der Waals surface area contributed by atoms with Crippen molar-refractivity contribution in [2.75, 3.05) is 12.8 Å². The Morgan fingerprint density at radius 2 is 1.33 bits per heavy atom. The molecule has 4 aromatic rings. The second kappa shape index (κ2) is 10.7. The normalized spacial score (nSPS) is 12.7. The van der Waals surface area contributed by atoms with Gasteiger partial charge in [-0.15, -0.1) is 0 Å². The van der Waals surface area contributed by atoms with Crippen molar-refractivity contribution in [3.8, 4) is 11.5 Å². The monoisotopic (exact) mass is 437 g/mol. The summed E-state index contributed by atoms with van der Waals surface area (Å²) in [4.78, 5) is 0. The molecule has 0 aliphatic rings. The number of nitrogens with two attached hydrogens (primary N) is 1. The zero-order valence-electron chi connectivity index (χ0n) is 19.3. The van der Waals surface area contributed by atoms with Crippen molar-refractivity contribution >= 4 is 5.69 Å². The quantitative estimate of drug-likeness (QED) is 0.287. The van der Waals surface area contributed by atoms with E-state index in [-0.39, 0.29) is 5.92 Å². The fraction of sp³-hybridized carbons (Fsp3) is 0.200. The number of methoxy groups -OCH3 is 1. The molecule has 4 aromatic carbocycles. The summed E-state index contributed by atoms with van der Waals surface area (Å²) in [7, 11) is 1.70. The summed E-state index contributed by atoms with van der Waals surface area (Å²) >= 11 is 0. The van der Waals surface area contributed by atoms with Crippen LogP contribution in [-0.2, 0) is 13.0 Å². The van der Waals surface area contributed by atoms with E-state index in [1.165, 1.54) is 16.7 Å². The minimum atomic E-state index is 0.268. The molecule has 168 valence electrons. The first-order valence-corrected chi connectivity index (χ1v) is 11.4. The van der Waals surface area contributed by atoms with E-state index < -0.39 is 0 Å². The molecule has 4 rings (SSSR count). The lowest BCUT2D eigenvalue weighted by molar-refractivity contribution is 0.308. The van der Waals surface area contributed by atoms with Gasteiger partial charge >= 0.3 is 0 Å². The van der Waals surface area contributed by atoms with Gasteiger partial charge in [0.05, 0.1) is 12.8 Å². The summed E-state index contributed by atoms with van der Waals surface area (Å²) < 4.78 is 11.4. The van der Waals surface area contributed by atoms with Crippen molar-refractivity contribution in [1.29, 1.82) is 0 Å². The molecule has 0 bridgehead atoms. The number of benzene rings is 4. The summed E-state index contributed by atoms with van der Waals surface area (Å²) in [6.45, 7) is 2.78. The van der Waals surface area contributed by atoms with Crippen LogP contribution in [0.3, 0.4) is 0 Å². The Balaban J connectivity index is 1.56. The molecule has 0 saturated heterocycles. The first kappa shape index (κ1) is 22.5. The first-order valence-electron chi connectivity index (χ1n) is 11.4. The largest absolute Gasteiger partial charge is 0.497 e. The fourth-order valence-corrected chi connectivity index (χ4v) is 4.25. The average molecular weight is 438 g/mol. The molecule has 0 spiro atoms. The van der Waals surface area contributed by atoms with Gasteiger partial charge in [0.15, 0.2) is 0 Å². The number of hydrogen-bond donors (Lipinski definition) is 1. The maximum atomic E-state index is 6.41. The van der Waals surface area contributed by atoms with Crippen LogP contribution in [0, 0.1) is 0 Å². The van der Waals surface area contributed by atoms with Crippen LogP contribution in [0.4, 0.5) is 5.69 Å². The summed E-state index contributed by atoms with van der Waals surface area (Å²) in [5.41, 5.74) is 12.0. The van der Waals surface area contributed by atoms with Gasteiger partial charge in [-0.1, -0.05) is 85.8 Å². The molecule has 0 fully saturated rings. The number of anilines is 1. The molecule has 0 aromatic heterocycles. The van der Waals surface area contributed by atoms with Crippen LogP contribution in [0.25, 0.3) is 0 Å². The Kier molecular flexibility index (Phi) is 7.31. The highest BCUT2D eigenvalue weighted by Gasteiger charge is 2.22. The molecule has 0 heterocycles. The highest BCUT2D eigenvalue weighted by Crippen LogP contribution is 2.38. The second-order valence-electron chi connectivity index (χ2n) is 8.43. The van der Waals surface area contributed by atoms with E-state index in [2.05, 4.69) is 73.7 Å². The molecule has 3 nitrogen and oxygen atoms in total. The molecule has 0 saturated carbocycles. The third kappa shape index (κ3) is 5.75. The highest BCUT2D eigenvalue weighted by atomic mass is 16.5. The van der Waals surface area contributed by atoms with Crippen molar-refractivity contribution in [1.82, 2.24) is 0 Å². The summed E-state index contributed by atoms with van der Waals surface area (Å²) in [6.07, 6.45) is 0.945. The SMILES string of the molecule is COc1ccc(C(Cc2ccccc2)C(C)c2ccc(OCc3ccccc3)c(N)c2)cc1. The molecular formula is C30H31NO2. The zero-order valence-corrected chi connectivity index (χ0v) is 19.3. The minimum Gasteiger partial charge on any atom is -0.497 e. The van der Waals surface area contributed by atoms with E-state index >= 15 is 0 Å². The Hall–Kier alpha value is -3.72. The van der Waals surface area contributed by atoms with E-state index in [1.807, 2.05) is 36.4 Å². The van der Waals surface area contributed by atoms with Crippen molar-refractivity contribution in [3.63, 3.8) is 0 Å².